The van der Waals surface area contributed by atoms with Crippen molar-refractivity contribution >= 4 is 5.91 Å². The van der Waals surface area contributed by atoms with Gasteiger partial charge in [-0.1, -0.05) is 17.9 Å². The number of aryl methyl sites for hydroxylation is 1. The van der Waals surface area contributed by atoms with Crippen LogP contribution in [-0.2, 0) is 4.74 Å². The van der Waals surface area contributed by atoms with Crippen LogP contribution >= 0.6 is 0 Å². The van der Waals surface area contributed by atoms with Crippen LogP contribution in [-0.4, -0.2) is 48.8 Å². The average Bonchev–Trinajstić information content (AvgIpc) is 2.53. The molecule has 1 aromatic rings. The van der Waals surface area contributed by atoms with Gasteiger partial charge in [-0.15, -0.1) is 0 Å². The molecule has 0 aromatic heterocycles. The molecule has 0 unspecified atom stereocenters. The van der Waals surface area contributed by atoms with Crippen LogP contribution in [0.2, 0.25) is 0 Å². The molecule has 4 nitrogen and oxygen atoms in total. The minimum absolute atomic E-state index is 0.00829. The number of aliphatic hydroxyl groups excluding tert-OH is 1. The zero-order chi connectivity index (χ0) is 15.2. The molecule has 2 rings (SSSR count). The fraction of sp³-hybridized carbons (Fsp3) is 0.471. The van der Waals surface area contributed by atoms with Gasteiger partial charge in [-0.25, -0.2) is 0 Å². The molecule has 21 heavy (non-hydrogen) atoms. The average molecular weight is 287 g/mol. The van der Waals surface area contributed by atoms with E-state index in [4.69, 9.17) is 9.84 Å². The molecule has 1 N–H and O–H groups in total. The summed E-state index contributed by atoms with van der Waals surface area (Å²) in [5, 5.41) is 8.79. The Morgan fingerprint density at radius 3 is 2.81 bits per heavy atom. The van der Waals surface area contributed by atoms with Gasteiger partial charge in [0.05, 0.1) is 0 Å². The molecule has 0 spiro atoms. The van der Waals surface area contributed by atoms with Gasteiger partial charge in [-0.05, 0) is 37.5 Å². The Morgan fingerprint density at radius 2 is 2.14 bits per heavy atom. The first-order valence-electron chi connectivity index (χ1n) is 7.18. The van der Waals surface area contributed by atoms with Crippen LogP contribution in [0.1, 0.15) is 34.3 Å². The van der Waals surface area contributed by atoms with Crippen molar-refractivity contribution in [1.82, 2.24) is 4.90 Å². The Morgan fingerprint density at radius 1 is 1.43 bits per heavy atom. The van der Waals surface area contributed by atoms with Crippen LogP contribution < -0.4 is 0 Å². The quantitative estimate of drug-likeness (QED) is 0.840. The summed E-state index contributed by atoms with van der Waals surface area (Å²) >= 11 is 0. The van der Waals surface area contributed by atoms with E-state index in [2.05, 4.69) is 11.8 Å². The van der Waals surface area contributed by atoms with E-state index in [-0.39, 0.29) is 18.6 Å². The fourth-order valence-corrected chi connectivity index (χ4v) is 2.47. The number of aliphatic hydroxyl groups is 1. The highest BCUT2D eigenvalue weighted by atomic mass is 16.5. The number of benzene rings is 1. The van der Waals surface area contributed by atoms with E-state index in [1.54, 1.807) is 11.0 Å². The predicted octanol–water partition coefficient (Wildman–Crippen LogP) is 1.59. The van der Waals surface area contributed by atoms with Gasteiger partial charge in [0.2, 0.25) is 0 Å². The Hall–Kier alpha value is -1.83. The SMILES string of the molecule is Cc1ccc(C(=O)N(C)C2CCOCC2)cc1C#CCO. The maximum atomic E-state index is 12.6. The second kappa shape index (κ2) is 7.26. The maximum Gasteiger partial charge on any atom is 0.253 e. The summed E-state index contributed by atoms with van der Waals surface area (Å²) in [6.45, 7) is 3.18. The zero-order valence-electron chi connectivity index (χ0n) is 12.6. The molecule has 1 aliphatic heterocycles. The van der Waals surface area contributed by atoms with Crippen LogP contribution in [0.4, 0.5) is 0 Å². The third-order valence-corrected chi connectivity index (χ3v) is 3.85. The van der Waals surface area contributed by atoms with Gasteiger partial charge in [0.15, 0.2) is 0 Å². The molecule has 112 valence electrons. The summed E-state index contributed by atoms with van der Waals surface area (Å²) in [6.07, 6.45) is 1.76. The normalized spacial score (nSPS) is 15.2. The maximum absolute atomic E-state index is 12.6. The highest BCUT2D eigenvalue weighted by Crippen LogP contribution is 2.17. The number of hydrogen-bond acceptors (Lipinski definition) is 3. The van der Waals surface area contributed by atoms with Gasteiger partial charge >= 0.3 is 0 Å². The lowest BCUT2D eigenvalue weighted by molar-refractivity contribution is 0.0362. The predicted molar refractivity (Wildman–Crippen MR) is 81.1 cm³/mol. The van der Waals surface area contributed by atoms with E-state index in [9.17, 15) is 4.79 Å². The Labute approximate surface area is 125 Å². The van der Waals surface area contributed by atoms with E-state index in [1.807, 2.05) is 26.1 Å². The van der Waals surface area contributed by atoms with E-state index >= 15 is 0 Å². The molecule has 4 heteroatoms. The van der Waals surface area contributed by atoms with Crippen molar-refractivity contribution in [2.24, 2.45) is 0 Å². The largest absolute Gasteiger partial charge is 0.384 e. The number of rotatable bonds is 2. The molecule has 0 bridgehead atoms. The summed E-state index contributed by atoms with van der Waals surface area (Å²) in [4.78, 5) is 14.4. The topological polar surface area (TPSA) is 49.8 Å². The minimum Gasteiger partial charge on any atom is -0.384 e. The van der Waals surface area contributed by atoms with E-state index in [0.29, 0.717) is 18.8 Å². The number of hydrogen-bond donors (Lipinski definition) is 1. The molecule has 1 saturated heterocycles. The molecule has 0 saturated carbocycles. The van der Waals surface area contributed by atoms with Gasteiger partial charge in [0.1, 0.15) is 6.61 Å². The Bertz CT molecular complexity index is 565. The van der Waals surface area contributed by atoms with Crippen LogP contribution in [0, 0.1) is 18.8 Å². The number of nitrogens with zero attached hydrogens (tertiary/aromatic N) is 1. The first kappa shape index (κ1) is 15.6. The van der Waals surface area contributed by atoms with Crippen LogP contribution in [0.5, 0.6) is 0 Å². The van der Waals surface area contributed by atoms with Crippen molar-refractivity contribution in [3.05, 3.63) is 34.9 Å². The second-order valence-corrected chi connectivity index (χ2v) is 5.25. The molecule has 1 heterocycles. The molecule has 1 aromatic carbocycles. The number of amides is 1. The van der Waals surface area contributed by atoms with Crippen LogP contribution in [0.3, 0.4) is 0 Å². The summed E-state index contributed by atoms with van der Waals surface area (Å²) in [5.74, 6) is 5.52. The van der Waals surface area contributed by atoms with Crippen molar-refractivity contribution < 1.29 is 14.6 Å². The Balaban J connectivity index is 2.18. The molecule has 1 aliphatic rings. The molecular formula is C17H21NO3. The number of carbonyl (C=O) groups excluding carboxylic acids is 1. The fourth-order valence-electron chi connectivity index (χ4n) is 2.47. The third kappa shape index (κ3) is 3.84. The lowest BCUT2D eigenvalue weighted by atomic mass is 10.0. The highest BCUT2D eigenvalue weighted by molar-refractivity contribution is 5.94. The van der Waals surface area contributed by atoms with E-state index < -0.39 is 0 Å². The van der Waals surface area contributed by atoms with Gasteiger partial charge in [-0.3, -0.25) is 4.79 Å². The summed E-state index contributed by atoms with van der Waals surface area (Å²) in [5.41, 5.74) is 2.42. The standard InChI is InChI=1S/C17H21NO3/c1-13-5-6-15(12-14(13)4-3-9-19)17(20)18(2)16-7-10-21-11-8-16/h5-6,12,16,19H,7-11H2,1-2H3. The van der Waals surface area contributed by atoms with Crippen molar-refractivity contribution in [3.8, 4) is 11.8 Å². The molecular weight excluding hydrogens is 266 g/mol. The highest BCUT2D eigenvalue weighted by Gasteiger charge is 2.23. The first-order valence-corrected chi connectivity index (χ1v) is 7.18. The van der Waals surface area contributed by atoms with Crippen LogP contribution in [0.15, 0.2) is 18.2 Å². The smallest absolute Gasteiger partial charge is 0.253 e. The van der Waals surface area contributed by atoms with Gasteiger partial charge < -0.3 is 14.7 Å². The van der Waals surface area contributed by atoms with E-state index in [0.717, 1.165) is 24.0 Å². The first-order chi connectivity index (χ1) is 10.1. The Kier molecular flexibility index (Phi) is 5.38. The van der Waals surface area contributed by atoms with Gasteiger partial charge in [-0.2, -0.15) is 0 Å². The summed E-state index contributed by atoms with van der Waals surface area (Å²) in [7, 11) is 1.84. The number of ether oxygens (including phenoxy) is 1. The third-order valence-electron chi connectivity index (χ3n) is 3.85. The minimum atomic E-state index is -0.181. The van der Waals surface area contributed by atoms with Crippen molar-refractivity contribution in [1.29, 1.82) is 0 Å². The lowest BCUT2D eigenvalue weighted by Gasteiger charge is -2.31. The molecule has 0 atom stereocenters. The number of carbonyl (C=O) groups is 1. The summed E-state index contributed by atoms with van der Waals surface area (Å²) < 4.78 is 5.33. The van der Waals surface area contributed by atoms with Crippen LogP contribution in [0.25, 0.3) is 0 Å². The van der Waals surface area contributed by atoms with Gasteiger partial charge in [0, 0.05) is 37.4 Å². The molecule has 1 fully saturated rings. The van der Waals surface area contributed by atoms with Gasteiger partial charge in [0.25, 0.3) is 5.91 Å². The second-order valence-electron chi connectivity index (χ2n) is 5.25. The van der Waals surface area contributed by atoms with Crippen molar-refractivity contribution in [2.75, 3.05) is 26.9 Å². The molecule has 0 aliphatic carbocycles. The molecule has 1 amide bonds. The zero-order valence-corrected chi connectivity index (χ0v) is 12.6. The van der Waals surface area contributed by atoms with Crippen molar-refractivity contribution in [2.45, 2.75) is 25.8 Å². The van der Waals surface area contributed by atoms with E-state index in [1.165, 1.54) is 0 Å². The lowest BCUT2D eigenvalue weighted by Crippen LogP contribution is -2.40. The van der Waals surface area contributed by atoms with Crippen molar-refractivity contribution in [3.63, 3.8) is 0 Å². The monoisotopic (exact) mass is 287 g/mol. The summed E-state index contributed by atoms with van der Waals surface area (Å²) in [6, 6.07) is 5.76. The molecule has 0 radical (unpaired) electrons.